The van der Waals surface area contributed by atoms with E-state index in [1.165, 1.54) is 37.2 Å². The zero-order valence-corrected chi connectivity index (χ0v) is 11.7. The molecule has 1 aromatic heterocycles. The van der Waals surface area contributed by atoms with Crippen LogP contribution in [-0.4, -0.2) is 15.9 Å². The minimum absolute atomic E-state index is 0.239. The molecule has 0 aliphatic rings. The van der Waals surface area contributed by atoms with Crippen molar-refractivity contribution < 1.29 is 4.79 Å². The first-order chi connectivity index (χ1) is 9.79. The molecule has 0 fully saturated rings. The number of aromatic nitrogens is 2. The second kappa shape index (κ2) is 7.38. The lowest BCUT2D eigenvalue weighted by atomic mass is 10.1. The minimum Gasteiger partial charge on any atom is -0.321 e. The van der Waals surface area contributed by atoms with E-state index in [1.807, 2.05) is 12.1 Å². The van der Waals surface area contributed by atoms with E-state index in [9.17, 15) is 4.79 Å². The summed E-state index contributed by atoms with van der Waals surface area (Å²) in [6, 6.07) is 7.97. The van der Waals surface area contributed by atoms with Crippen LogP contribution in [0.15, 0.2) is 42.9 Å². The predicted octanol–water partition coefficient (Wildman–Crippen LogP) is 3.46. The van der Waals surface area contributed by atoms with Crippen LogP contribution < -0.4 is 5.32 Å². The van der Waals surface area contributed by atoms with E-state index in [4.69, 9.17) is 0 Å². The van der Waals surface area contributed by atoms with Crippen LogP contribution in [0.2, 0.25) is 0 Å². The standard InChI is InChI=1S/C16H19N3O/c1-2-3-4-5-13-6-8-14(9-7-13)19-16(20)15-12-17-10-11-18-15/h6-12H,2-5H2,1H3,(H,19,20). The third-order valence-corrected chi connectivity index (χ3v) is 3.08. The summed E-state index contributed by atoms with van der Waals surface area (Å²) in [6.07, 6.45) is 9.29. The molecular formula is C16H19N3O. The fraction of sp³-hybridized carbons (Fsp3) is 0.312. The summed E-state index contributed by atoms with van der Waals surface area (Å²) in [4.78, 5) is 19.7. The Hall–Kier alpha value is -2.23. The van der Waals surface area contributed by atoms with Crippen LogP contribution >= 0.6 is 0 Å². The Balaban J connectivity index is 1.92. The van der Waals surface area contributed by atoms with Gasteiger partial charge in [0.05, 0.1) is 6.20 Å². The molecule has 0 bridgehead atoms. The van der Waals surface area contributed by atoms with Crippen LogP contribution in [0.3, 0.4) is 0 Å². The first-order valence-electron chi connectivity index (χ1n) is 6.96. The van der Waals surface area contributed by atoms with Crippen LogP contribution in [0.1, 0.15) is 42.2 Å². The number of anilines is 1. The molecule has 2 aromatic rings. The molecule has 0 unspecified atom stereocenters. The molecule has 0 saturated carbocycles. The van der Waals surface area contributed by atoms with E-state index in [2.05, 4.69) is 34.3 Å². The predicted molar refractivity (Wildman–Crippen MR) is 79.7 cm³/mol. The van der Waals surface area contributed by atoms with Gasteiger partial charge in [0.1, 0.15) is 5.69 Å². The van der Waals surface area contributed by atoms with Crippen molar-refractivity contribution in [1.29, 1.82) is 0 Å². The Morgan fingerprint density at radius 1 is 1.15 bits per heavy atom. The number of carbonyl (C=O) groups is 1. The normalized spacial score (nSPS) is 10.2. The zero-order chi connectivity index (χ0) is 14.2. The van der Waals surface area contributed by atoms with Crippen LogP contribution in [0.4, 0.5) is 5.69 Å². The summed E-state index contributed by atoms with van der Waals surface area (Å²) in [6.45, 7) is 2.20. The van der Waals surface area contributed by atoms with Crippen LogP contribution in [0.5, 0.6) is 0 Å². The summed E-state index contributed by atoms with van der Waals surface area (Å²) < 4.78 is 0. The lowest BCUT2D eigenvalue weighted by Crippen LogP contribution is -2.13. The van der Waals surface area contributed by atoms with Gasteiger partial charge in [0.2, 0.25) is 0 Å². The molecule has 0 aliphatic heterocycles. The SMILES string of the molecule is CCCCCc1ccc(NC(=O)c2cnccn2)cc1. The fourth-order valence-corrected chi connectivity index (χ4v) is 1.95. The van der Waals surface area contributed by atoms with Crippen molar-refractivity contribution in [3.63, 3.8) is 0 Å². The topological polar surface area (TPSA) is 54.9 Å². The molecule has 20 heavy (non-hydrogen) atoms. The fourth-order valence-electron chi connectivity index (χ4n) is 1.95. The second-order valence-corrected chi connectivity index (χ2v) is 4.70. The summed E-state index contributed by atoms with van der Waals surface area (Å²) in [7, 11) is 0. The molecule has 1 amide bonds. The van der Waals surface area contributed by atoms with Crippen LogP contribution in [0, 0.1) is 0 Å². The van der Waals surface area contributed by atoms with Gasteiger partial charge in [-0.1, -0.05) is 31.9 Å². The Kier molecular flexibility index (Phi) is 5.24. The van der Waals surface area contributed by atoms with E-state index >= 15 is 0 Å². The number of benzene rings is 1. The van der Waals surface area contributed by atoms with Crippen molar-refractivity contribution >= 4 is 11.6 Å². The number of hydrogen-bond donors (Lipinski definition) is 1. The summed E-state index contributed by atoms with van der Waals surface area (Å²) >= 11 is 0. The molecule has 1 N–H and O–H groups in total. The van der Waals surface area contributed by atoms with Gasteiger partial charge in [-0.15, -0.1) is 0 Å². The summed E-state index contributed by atoms with van der Waals surface area (Å²) in [5.74, 6) is -0.239. The van der Waals surface area contributed by atoms with E-state index in [1.54, 1.807) is 6.20 Å². The van der Waals surface area contributed by atoms with Crippen LogP contribution in [0.25, 0.3) is 0 Å². The van der Waals surface area contributed by atoms with Gasteiger partial charge >= 0.3 is 0 Å². The molecule has 1 heterocycles. The number of aryl methyl sites for hydroxylation is 1. The highest BCUT2D eigenvalue weighted by Gasteiger charge is 2.06. The highest BCUT2D eigenvalue weighted by Crippen LogP contribution is 2.13. The number of nitrogens with zero attached hydrogens (tertiary/aromatic N) is 2. The molecule has 1 aromatic carbocycles. The Bertz CT molecular complexity index is 537. The average molecular weight is 269 g/mol. The third kappa shape index (κ3) is 4.16. The molecule has 0 saturated heterocycles. The van der Waals surface area contributed by atoms with Crippen LogP contribution in [-0.2, 0) is 6.42 Å². The maximum absolute atomic E-state index is 11.9. The average Bonchev–Trinajstić information content (AvgIpc) is 2.50. The molecule has 0 atom stereocenters. The number of nitrogens with one attached hydrogen (secondary N) is 1. The number of amides is 1. The van der Waals surface area contributed by atoms with Crippen molar-refractivity contribution in [3.8, 4) is 0 Å². The number of unbranched alkanes of at least 4 members (excludes halogenated alkanes) is 2. The van der Waals surface area contributed by atoms with Gasteiger partial charge in [-0.2, -0.15) is 0 Å². The Labute approximate surface area is 119 Å². The van der Waals surface area contributed by atoms with E-state index in [-0.39, 0.29) is 5.91 Å². The van der Waals surface area contributed by atoms with E-state index < -0.39 is 0 Å². The lowest BCUT2D eigenvalue weighted by molar-refractivity contribution is 0.102. The first kappa shape index (κ1) is 14.2. The number of rotatable bonds is 6. The van der Waals surface area contributed by atoms with Crippen molar-refractivity contribution in [2.45, 2.75) is 32.6 Å². The highest BCUT2D eigenvalue weighted by atomic mass is 16.1. The monoisotopic (exact) mass is 269 g/mol. The third-order valence-electron chi connectivity index (χ3n) is 3.08. The molecular weight excluding hydrogens is 250 g/mol. The molecule has 0 aliphatic carbocycles. The van der Waals surface area contributed by atoms with Gasteiger partial charge < -0.3 is 5.32 Å². The van der Waals surface area contributed by atoms with Gasteiger partial charge in [0.15, 0.2) is 0 Å². The Morgan fingerprint density at radius 2 is 1.95 bits per heavy atom. The van der Waals surface area contributed by atoms with Gasteiger partial charge in [-0.3, -0.25) is 9.78 Å². The maximum Gasteiger partial charge on any atom is 0.275 e. The largest absolute Gasteiger partial charge is 0.321 e. The molecule has 0 radical (unpaired) electrons. The van der Waals surface area contributed by atoms with Gasteiger partial charge in [0.25, 0.3) is 5.91 Å². The van der Waals surface area contributed by atoms with Gasteiger partial charge in [0, 0.05) is 18.1 Å². The molecule has 104 valence electrons. The summed E-state index contributed by atoms with van der Waals surface area (Å²) in [5, 5.41) is 2.81. The molecule has 0 spiro atoms. The quantitative estimate of drug-likeness (QED) is 0.817. The zero-order valence-electron chi connectivity index (χ0n) is 11.7. The van der Waals surface area contributed by atoms with Crippen molar-refractivity contribution in [2.75, 3.05) is 5.32 Å². The maximum atomic E-state index is 11.9. The minimum atomic E-state index is -0.239. The van der Waals surface area contributed by atoms with Crippen molar-refractivity contribution in [3.05, 3.63) is 54.1 Å². The molecule has 2 rings (SSSR count). The van der Waals surface area contributed by atoms with Gasteiger partial charge in [-0.05, 0) is 30.5 Å². The smallest absolute Gasteiger partial charge is 0.275 e. The first-order valence-corrected chi connectivity index (χ1v) is 6.96. The van der Waals surface area contributed by atoms with Crippen molar-refractivity contribution in [1.82, 2.24) is 9.97 Å². The second-order valence-electron chi connectivity index (χ2n) is 4.70. The summed E-state index contributed by atoms with van der Waals surface area (Å²) in [5.41, 5.74) is 2.40. The number of carbonyl (C=O) groups excluding carboxylic acids is 1. The van der Waals surface area contributed by atoms with Gasteiger partial charge in [-0.25, -0.2) is 4.98 Å². The highest BCUT2D eigenvalue weighted by molar-refractivity contribution is 6.02. The lowest BCUT2D eigenvalue weighted by Gasteiger charge is -2.06. The van der Waals surface area contributed by atoms with Crippen molar-refractivity contribution in [2.24, 2.45) is 0 Å². The molecule has 4 nitrogen and oxygen atoms in total. The molecule has 4 heteroatoms. The number of hydrogen-bond acceptors (Lipinski definition) is 3. The Morgan fingerprint density at radius 3 is 2.60 bits per heavy atom. The van der Waals surface area contributed by atoms with E-state index in [0.717, 1.165) is 12.1 Å². The van der Waals surface area contributed by atoms with E-state index in [0.29, 0.717) is 5.69 Å².